The minimum Gasteiger partial charge on any atom is -0.356 e. The van der Waals surface area contributed by atoms with Crippen LogP contribution in [0.3, 0.4) is 0 Å². The van der Waals surface area contributed by atoms with Crippen molar-refractivity contribution >= 4 is 11.9 Å². The zero-order valence-corrected chi connectivity index (χ0v) is 8.97. The van der Waals surface area contributed by atoms with Gasteiger partial charge in [0.15, 0.2) is 5.96 Å². The Kier molecular flexibility index (Phi) is 4.43. The third-order valence-corrected chi connectivity index (χ3v) is 2.12. The van der Waals surface area contributed by atoms with Crippen molar-refractivity contribution in [3.63, 3.8) is 0 Å². The fourth-order valence-electron chi connectivity index (χ4n) is 1.32. The normalized spacial score (nSPS) is 16.5. The van der Waals surface area contributed by atoms with Gasteiger partial charge in [0.1, 0.15) is 0 Å². The highest BCUT2D eigenvalue weighted by molar-refractivity contribution is 5.98. The van der Waals surface area contributed by atoms with Gasteiger partial charge < -0.3 is 5.32 Å². The molecule has 80 valence electrons. The Morgan fingerprint density at radius 3 is 3.00 bits per heavy atom. The number of carbonyl (C=O) groups excluding carboxylic acids is 1. The quantitative estimate of drug-likeness (QED) is 0.658. The van der Waals surface area contributed by atoms with Crippen LogP contribution in [0.5, 0.6) is 0 Å². The highest BCUT2D eigenvalue weighted by Crippen LogP contribution is 2.01. The molecule has 1 heterocycles. The number of carbonyl (C=O) groups is 1. The van der Waals surface area contributed by atoms with Crippen LogP contribution in [0.2, 0.25) is 0 Å². The molecule has 0 spiro atoms. The first-order valence-corrected chi connectivity index (χ1v) is 5.26. The molecule has 0 fully saturated rings. The lowest BCUT2D eigenvalue weighted by atomic mass is 10.1. The first-order valence-electron chi connectivity index (χ1n) is 5.26. The van der Waals surface area contributed by atoms with Crippen molar-refractivity contribution < 1.29 is 4.79 Å². The summed E-state index contributed by atoms with van der Waals surface area (Å²) < 4.78 is 0. The molecule has 0 aromatic rings. The van der Waals surface area contributed by atoms with Crippen LogP contribution in [-0.2, 0) is 4.79 Å². The van der Waals surface area contributed by atoms with Crippen LogP contribution in [-0.4, -0.2) is 25.0 Å². The lowest BCUT2D eigenvalue weighted by Gasteiger charge is -2.15. The fraction of sp³-hybridized carbons (Fsp3) is 0.800. The fourth-order valence-corrected chi connectivity index (χ4v) is 1.32. The summed E-state index contributed by atoms with van der Waals surface area (Å²) in [6.45, 7) is 5.91. The summed E-state index contributed by atoms with van der Waals surface area (Å²) in [5.74, 6) is 1.44. The molecule has 1 amide bonds. The van der Waals surface area contributed by atoms with Crippen LogP contribution in [0.1, 0.15) is 33.1 Å². The standard InChI is InChI=1S/C10H19N3O/c1-8(2)4-3-6-11-10-12-7-5-9(14)13-10/h8H,3-7H2,1-2H3,(H2,11,12,13,14). The van der Waals surface area contributed by atoms with Gasteiger partial charge in [0.05, 0.1) is 6.54 Å². The van der Waals surface area contributed by atoms with Crippen molar-refractivity contribution in [3.8, 4) is 0 Å². The highest BCUT2D eigenvalue weighted by atomic mass is 16.1. The van der Waals surface area contributed by atoms with E-state index in [1.165, 1.54) is 6.42 Å². The van der Waals surface area contributed by atoms with Gasteiger partial charge in [0.2, 0.25) is 5.91 Å². The number of nitrogens with zero attached hydrogens (tertiary/aromatic N) is 1. The van der Waals surface area contributed by atoms with E-state index in [4.69, 9.17) is 0 Å². The zero-order chi connectivity index (χ0) is 10.4. The van der Waals surface area contributed by atoms with Crippen LogP contribution >= 0.6 is 0 Å². The molecular weight excluding hydrogens is 178 g/mol. The molecule has 0 aromatic heterocycles. The lowest BCUT2D eigenvalue weighted by Crippen LogP contribution is -2.44. The number of hydrogen-bond acceptors (Lipinski definition) is 3. The SMILES string of the molecule is CC(C)CCCNC1=NCCC(=O)N1. The Morgan fingerprint density at radius 2 is 2.36 bits per heavy atom. The molecule has 4 heteroatoms. The largest absolute Gasteiger partial charge is 0.356 e. The maximum Gasteiger partial charge on any atom is 0.228 e. The summed E-state index contributed by atoms with van der Waals surface area (Å²) in [6, 6.07) is 0. The van der Waals surface area contributed by atoms with Crippen molar-refractivity contribution in [3.05, 3.63) is 0 Å². The number of guanidine groups is 1. The molecule has 0 unspecified atom stereocenters. The summed E-state index contributed by atoms with van der Waals surface area (Å²) in [5.41, 5.74) is 0. The topological polar surface area (TPSA) is 53.5 Å². The van der Waals surface area contributed by atoms with E-state index in [0.29, 0.717) is 18.9 Å². The molecule has 14 heavy (non-hydrogen) atoms. The third-order valence-electron chi connectivity index (χ3n) is 2.12. The molecule has 0 atom stereocenters. The maximum absolute atomic E-state index is 11.0. The van der Waals surface area contributed by atoms with Gasteiger partial charge >= 0.3 is 0 Å². The lowest BCUT2D eigenvalue weighted by molar-refractivity contribution is -0.119. The van der Waals surface area contributed by atoms with Gasteiger partial charge in [-0.05, 0) is 18.8 Å². The minimum atomic E-state index is 0.0614. The Hall–Kier alpha value is -1.06. The molecule has 0 saturated heterocycles. The molecule has 1 aliphatic heterocycles. The highest BCUT2D eigenvalue weighted by Gasteiger charge is 2.09. The van der Waals surface area contributed by atoms with Gasteiger partial charge in [-0.2, -0.15) is 0 Å². The predicted octanol–water partition coefficient (Wildman–Crippen LogP) is 0.888. The van der Waals surface area contributed by atoms with Crippen LogP contribution in [0.25, 0.3) is 0 Å². The molecular formula is C10H19N3O. The molecule has 2 N–H and O–H groups in total. The number of aliphatic imine (C=N–C) groups is 1. The maximum atomic E-state index is 11.0. The Balaban J connectivity index is 2.12. The monoisotopic (exact) mass is 197 g/mol. The average molecular weight is 197 g/mol. The van der Waals surface area contributed by atoms with Gasteiger partial charge in [-0.3, -0.25) is 15.1 Å². The second kappa shape index (κ2) is 5.62. The second-order valence-corrected chi connectivity index (χ2v) is 3.99. The van der Waals surface area contributed by atoms with E-state index in [1.807, 2.05) is 0 Å². The Labute approximate surface area is 85.2 Å². The average Bonchev–Trinajstić information content (AvgIpc) is 2.12. The van der Waals surface area contributed by atoms with Gasteiger partial charge in [-0.1, -0.05) is 13.8 Å². The Bertz CT molecular complexity index is 223. The first kappa shape index (κ1) is 11.0. The van der Waals surface area contributed by atoms with Crippen molar-refractivity contribution in [1.29, 1.82) is 0 Å². The van der Waals surface area contributed by atoms with Crippen molar-refractivity contribution in [1.82, 2.24) is 10.6 Å². The van der Waals surface area contributed by atoms with Crippen LogP contribution in [0.15, 0.2) is 4.99 Å². The second-order valence-electron chi connectivity index (χ2n) is 3.99. The number of rotatable bonds is 4. The van der Waals surface area contributed by atoms with E-state index in [1.54, 1.807) is 0 Å². The van der Waals surface area contributed by atoms with E-state index >= 15 is 0 Å². The van der Waals surface area contributed by atoms with Crippen LogP contribution in [0, 0.1) is 5.92 Å². The summed E-state index contributed by atoms with van der Waals surface area (Å²) in [6.07, 6.45) is 2.83. The van der Waals surface area contributed by atoms with Crippen molar-refractivity contribution in [2.24, 2.45) is 10.9 Å². The van der Waals surface area contributed by atoms with Gasteiger partial charge in [0.25, 0.3) is 0 Å². The smallest absolute Gasteiger partial charge is 0.228 e. The zero-order valence-electron chi connectivity index (χ0n) is 8.97. The van der Waals surface area contributed by atoms with E-state index < -0.39 is 0 Å². The molecule has 0 radical (unpaired) electrons. The molecule has 0 bridgehead atoms. The summed E-state index contributed by atoms with van der Waals surface area (Å²) >= 11 is 0. The number of nitrogens with one attached hydrogen (secondary N) is 2. The molecule has 0 aromatic carbocycles. The van der Waals surface area contributed by atoms with Gasteiger partial charge in [-0.15, -0.1) is 0 Å². The van der Waals surface area contributed by atoms with E-state index in [9.17, 15) is 4.79 Å². The molecule has 1 aliphatic rings. The van der Waals surface area contributed by atoms with Crippen molar-refractivity contribution in [2.75, 3.05) is 13.1 Å². The van der Waals surface area contributed by atoms with E-state index in [0.717, 1.165) is 18.9 Å². The number of amides is 1. The molecule has 0 saturated carbocycles. The Morgan fingerprint density at radius 1 is 1.57 bits per heavy atom. The van der Waals surface area contributed by atoms with Gasteiger partial charge in [-0.25, -0.2) is 0 Å². The summed E-state index contributed by atoms with van der Waals surface area (Å²) in [5, 5.41) is 5.83. The van der Waals surface area contributed by atoms with Crippen molar-refractivity contribution in [2.45, 2.75) is 33.1 Å². The summed E-state index contributed by atoms with van der Waals surface area (Å²) in [4.78, 5) is 15.2. The van der Waals surface area contributed by atoms with Crippen LogP contribution in [0.4, 0.5) is 0 Å². The number of hydrogen-bond donors (Lipinski definition) is 2. The molecule has 4 nitrogen and oxygen atoms in total. The summed E-state index contributed by atoms with van der Waals surface area (Å²) in [7, 11) is 0. The van der Waals surface area contributed by atoms with Gasteiger partial charge in [0, 0.05) is 13.0 Å². The first-order chi connectivity index (χ1) is 6.68. The van der Waals surface area contributed by atoms with E-state index in [2.05, 4.69) is 29.5 Å². The minimum absolute atomic E-state index is 0.0614. The van der Waals surface area contributed by atoms with Crippen LogP contribution < -0.4 is 10.6 Å². The predicted molar refractivity (Wildman–Crippen MR) is 57.1 cm³/mol. The third kappa shape index (κ3) is 4.25. The van der Waals surface area contributed by atoms with E-state index in [-0.39, 0.29) is 5.91 Å². The molecule has 0 aliphatic carbocycles. The molecule has 1 rings (SSSR count).